The molecule has 0 N–H and O–H groups in total. The molecule has 1 aliphatic rings. The molecule has 1 atom stereocenters. The Labute approximate surface area is 124 Å². The van der Waals surface area contributed by atoms with Crippen LogP contribution in [-0.4, -0.2) is 54.3 Å². The molecule has 106 valence electrons. The molecule has 19 heavy (non-hydrogen) atoms. The standard InChI is InChI=1S/C14H21ClN2OS/c1-3-17(4-2)11-7-8-16(9-11)10-12(18)13-5-6-14(15)19-13/h5-6,11H,3-4,7-10H2,1-2H3. The quantitative estimate of drug-likeness (QED) is 0.755. The van der Waals surface area contributed by atoms with Crippen molar-refractivity contribution >= 4 is 28.7 Å². The third-order valence-electron chi connectivity index (χ3n) is 3.79. The highest BCUT2D eigenvalue weighted by Gasteiger charge is 2.27. The Morgan fingerprint density at radius 1 is 1.47 bits per heavy atom. The third kappa shape index (κ3) is 3.78. The van der Waals surface area contributed by atoms with Crippen LogP contribution in [0, 0.1) is 0 Å². The van der Waals surface area contributed by atoms with E-state index in [1.165, 1.54) is 17.8 Å². The van der Waals surface area contributed by atoms with Crippen molar-refractivity contribution in [2.45, 2.75) is 26.3 Å². The Morgan fingerprint density at radius 3 is 2.79 bits per heavy atom. The van der Waals surface area contributed by atoms with Crippen molar-refractivity contribution in [1.29, 1.82) is 0 Å². The zero-order chi connectivity index (χ0) is 13.8. The number of rotatable bonds is 6. The molecule has 0 spiro atoms. The van der Waals surface area contributed by atoms with E-state index in [1.807, 2.05) is 6.07 Å². The molecule has 0 aliphatic carbocycles. The van der Waals surface area contributed by atoms with Crippen LogP contribution < -0.4 is 0 Å². The molecule has 2 rings (SSSR count). The van der Waals surface area contributed by atoms with E-state index in [9.17, 15) is 4.79 Å². The summed E-state index contributed by atoms with van der Waals surface area (Å²) in [6.45, 7) is 9.12. The smallest absolute Gasteiger partial charge is 0.186 e. The van der Waals surface area contributed by atoms with Gasteiger partial charge in [-0.1, -0.05) is 25.4 Å². The number of nitrogens with zero attached hydrogens (tertiary/aromatic N) is 2. The molecule has 0 bridgehead atoms. The van der Waals surface area contributed by atoms with E-state index in [4.69, 9.17) is 11.6 Å². The van der Waals surface area contributed by atoms with Crippen molar-refractivity contribution in [2.24, 2.45) is 0 Å². The van der Waals surface area contributed by atoms with Gasteiger partial charge in [-0.2, -0.15) is 0 Å². The Morgan fingerprint density at radius 2 is 2.21 bits per heavy atom. The van der Waals surface area contributed by atoms with Gasteiger partial charge in [-0.3, -0.25) is 14.6 Å². The second kappa shape index (κ2) is 6.84. The van der Waals surface area contributed by atoms with Gasteiger partial charge in [-0.15, -0.1) is 11.3 Å². The first-order valence-corrected chi connectivity index (χ1v) is 8.08. The van der Waals surface area contributed by atoms with Crippen LogP contribution in [-0.2, 0) is 0 Å². The van der Waals surface area contributed by atoms with Gasteiger partial charge >= 0.3 is 0 Å². The van der Waals surface area contributed by atoms with Crippen molar-refractivity contribution in [1.82, 2.24) is 9.80 Å². The SMILES string of the molecule is CCN(CC)C1CCN(CC(=O)c2ccc(Cl)s2)C1. The Balaban J connectivity index is 1.86. The molecular formula is C14H21ClN2OS. The maximum Gasteiger partial charge on any atom is 0.186 e. The predicted molar refractivity (Wildman–Crippen MR) is 81.4 cm³/mol. The molecule has 2 heterocycles. The van der Waals surface area contributed by atoms with Gasteiger partial charge in [-0.25, -0.2) is 0 Å². The van der Waals surface area contributed by atoms with Gasteiger partial charge in [0.25, 0.3) is 0 Å². The summed E-state index contributed by atoms with van der Waals surface area (Å²) in [4.78, 5) is 17.6. The molecule has 0 amide bonds. The number of halogens is 1. The molecule has 1 unspecified atom stereocenters. The number of thiophene rings is 1. The summed E-state index contributed by atoms with van der Waals surface area (Å²) in [6.07, 6.45) is 1.17. The lowest BCUT2D eigenvalue weighted by molar-refractivity contribution is 0.0943. The summed E-state index contributed by atoms with van der Waals surface area (Å²) in [5.41, 5.74) is 0. The van der Waals surface area contributed by atoms with Crippen LogP contribution in [0.25, 0.3) is 0 Å². The molecule has 1 aromatic rings. The zero-order valence-electron chi connectivity index (χ0n) is 11.6. The van der Waals surface area contributed by atoms with Crippen molar-refractivity contribution in [3.8, 4) is 0 Å². The van der Waals surface area contributed by atoms with Gasteiger partial charge in [0.2, 0.25) is 0 Å². The average molecular weight is 301 g/mol. The molecule has 1 aliphatic heterocycles. The summed E-state index contributed by atoms with van der Waals surface area (Å²) in [5.74, 6) is 0.192. The van der Waals surface area contributed by atoms with Crippen LogP contribution >= 0.6 is 22.9 Å². The molecule has 1 saturated heterocycles. The third-order valence-corrected chi connectivity index (χ3v) is 5.06. The average Bonchev–Trinajstić information content (AvgIpc) is 3.00. The first-order chi connectivity index (χ1) is 9.13. The zero-order valence-corrected chi connectivity index (χ0v) is 13.1. The lowest BCUT2D eigenvalue weighted by Crippen LogP contribution is -2.38. The monoisotopic (exact) mass is 300 g/mol. The summed E-state index contributed by atoms with van der Waals surface area (Å²) < 4.78 is 0.686. The molecule has 0 radical (unpaired) electrons. The highest BCUT2D eigenvalue weighted by molar-refractivity contribution is 7.18. The summed E-state index contributed by atoms with van der Waals surface area (Å²) in [6, 6.07) is 4.23. The molecule has 5 heteroatoms. The van der Waals surface area contributed by atoms with Crippen LogP contribution in [0.3, 0.4) is 0 Å². The van der Waals surface area contributed by atoms with Crippen LogP contribution in [0.1, 0.15) is 29.9 Å². The fourth-order valence-corrected chi connectivity index (χ4v) is 3.71. The number of ketones is 1. The summed E-state index contributed by atoms with van der Waals surface area (Å²) >= 11 is 7.24. The van der Waals surface area contributed by atoms with Gasteiger partial charge in [0.15, 0.2) is 5.78 Å². The first-order valence-electron chi connectivity index (χ1n) is 6.89. The minimum Gasteiger partial charge on any atom is -0.300 e. The number of carbonyl (C=O) groups excluding carboxylic acids is 1. The van der Waals surface area contributed by atoms with E-state index in [0.717, 1.165) is 31.1 Å². The van der Waals surface area contributed by atoms with Gasteiger partial charge in [0.05, 0.1) is 15.8 Å². The lowest BCUT2D eigenvalue weighted by atomic mass is 10.2. The summed E-state index contributed by atoms with van der Waals surface area (Å²) in [7, 11) is 0. The maximum atomic E-state index is 12.1. The molecule has 1 fully saturated rings. The Bertz CT molecular complexity index is 431. The fraction of sp³-hybridized carbons (Fsp3) is 0.643. The van der Waals surface area contributed by atoms with E-state index in [2.05, 4.69) is 23.6 Å². The Hall–Kier alpha value is -0.420. The fourth-order valence-electron chi connectivity index (χ4n) is 2.74. The van der Waals surface area contributed by atoms with Crippen LogP contribution in [0.15, 0.2) is 12.1 Å². The van der Waals surface area contributed by atoms with Crippen molar-refractivity contribution in [3.05, 3.63) is 21.3 Å². The van der Waals surface area contributed by atoms with E-state index in [1.54, 1.807) is 6.07 Å². The molecular weight excluding hydrogens is 280 g/mol. The predicted octanol–water partition coefficient (Wildman–Crippen LogP) is 3.00. The highest BCUT2D eigenvalue weighted by atomic mass is 35.5. The van der Waals surface area contributed by atoms with Crippen molar-refractivity contribution in [3.63, 3.8) is 0 Å². The number of carbonyl (C=O) groups is 1. The van der Waals surface area contributed by atoms with Crippen LogP contribution in [0.2, 0.25) is 4.34 Å². The largest absolute Gasteiger partial charge is 0.300 e. The number of Topliss-reactive ketones (excluding diaryl/α,β-unsaturated/α-hetero) is 1. The van der Waals surface area contributed by atoms with Gasteiger partial charge < -0.3 is 0 Å². The van der Waals surface area contributed by atoms with Crippen molar-refractivity contribution < 1.29 is 4.79 Å². The summed E-state index contributed by atoms with van der Waals surface area (Å²) in [5, 5.41) is 0. The van der Waals surface area contributed by atoms with E-state index < -0.39 is 0 Å². The second-order valence-corrected chi connectivity index (χ2v) is 6.64. The molecule has 1 aromatic heterocycles. The maximum absolute atomic E-state index is 12.1. The van der Waals surface area contributed by atoms with E-state index in [-0.39, 0.29) is 5.78 Å². The van der Waals surface area contributed by atoms with Crippen LogP contribution in [0.4, 0.5) is 0 Å². The minimum atomic E-state index is 0.192. The number of hydrogen-bond donors (Lipinski definition) is 0. The molecule has 0 aromatic carbocycles. The van der Waals surface area contributed by atoms with E-state index >= 15 is 0 Å². The lowest BCUT2D eigenvalue weighted by Gasteiger charge is -2.26. The number of likely N-dealkylation sites (N-methyl/N-ethyl adjacent to an activating group) is 1. The van der Waals surface area contributed by atoms with Crippen molar-refractivity contribution in [2.75, 3.05) is 32.7 Å². The first kappa shape index (κ1) is 15.0. The van der Waals surface area contributed by atoms with Crippen LogP contribution in [0.5, 0.6) is 0 Å². The van der Waals surface area contributed by atoms with Gasteiger partial charge in [-0.05, 0) is 31.6 Å². The second-order valence-electron chi connectivity index (χ2n) is 4.93. The normalized spacial score (nSPS) is 20.3. The Kier molecular flexibility index (Phi) is 5.39. The van der Waals surface area contributed by atoms with E-state index in [0.29, 0.717) is 16.9 Å². The molecule has 3 nitrogen and oxygen atoms in total. The highest BCUT2D eigenvalue weighted by Crippen LogP contribution is 2.23. The topological polar surface area (TPSA) is 23.6 Å². The molecule has 0 saturated carbocycles. The van der Waals surface area contributed by atoms with Gasteiger partial charge in [0, 0.05) is 19.1 Å². The number of likely N-dealkylation sites (tertiary alicyclic amines) is 1. The van der Waals surface area contributed by atoms with Gasteiger partial charge in [0.1, 0.15) is 0 Å². The minimum absolute atomic E-state index is 0.192. The number of hydrogen-bond acceptors (Lipinski definition) is 4.